The molecule has 0 heterocycles. The lowest BCUT2D eigenvalue weighted by Gasteiger charge is -2.27. The van der Waals surface area contributed by atoms with Gasteiger partial charge in [-0.1, -0.05) is 30.3 Å². The van der Waals surface area contributed by atoms with Gasteiger partial charge in [0.05, 0.1) is 5.92 Å². The highest BCUT2D eigenvalue weighted by molar-refractivity contribution is 5.83. The Morgan fingerprint density at radius 3 is 2.19 bits per heavy atom. The van der Waals surface area contributed by atoms with Crippen molar-refractivity contribution in [2.45, 2.75) is 52.5 Å². The molecule has 21 heavy (non-hydrogen) atoms. The van der Waals surface area contributed by atoms with Gasteiger partial charge in [0.25, 0.3) is 0 Å². The summed E-state index contributed by atoms with van der Waals surface area (Å²) in [7, 11) is 0. The topological polar surface area (TPSA) is 32.3 Å². The van der Waals surface area contributed by atoms with Gasteiger partial charge in [0, 0.05) is 18.6 Å². The van der Waals surface area contributed by atoms with Crippen LogP contribution in [0.2, 0.25) is 0 Å². The van der Waals surface area contributed by atoms with Gasteiger partial charge in [0.2, 0.25) is 5.91 Å². The van der Waals surface area contributed by atoms with Crippen LogP contribution in [0, 0.1) is 0 Å². The Morgan fingerprint density at radius 1 is 1.14 bits per heavy atom. The number of carbonyl (C=O) groups excluding carboxylic acids is 1. The minimum absolute atomic E-state index is 0.0547. The van der Waals surface area contributed by atoms with E-state index >= 15 is 0 Å². The van der Waals surface area contributed by atoms with E-state index in [0.717, 1.165) is 31.6 Å². The molecule has 3 heteroatoms. The Kier molecular flexibility index (Phi) is 6.90. The predicted molar refractivity (Wildman–Crippen MR) is 89.5 cm³/mol. The van der Waals surface area contributed by atoms with Gasteiger partial charge in [-0.15, -0.1) is 0 Å². The number of carbonyl (C=O) groups is 1. The Balaban J connectivity index is 2.83. The maximum Gasteiger partial charge on any atom is 0.230 e. The number of nitrogens with zero attached hydrogens (tertiary/aromatic N) is 1. The van der Waals surface area contributed by atoms with E-state index in [1.54, 1.807) is 0 Å². The van der Waals surface area contributed by atoms with E-state index in [9.17, 15) is 4.79 Å². The Morgan fingerprint density at radius 2 is 1.71 bits per heavy atom. The number of hydrogen-bond donors (Lipinski definition) is 1. The molecule has 1 atom stereocenters. The SMILES string of the molecule is CCN(CC)C(=O)[C@@H](CCNC(C)(C)C)c1ccccc1. The molecule has 3 nitrogen and oxygen atoms in total. The Bertz CT molecular complexity index is 419. The van der Waals surface area contributed by atoms with Gasteiger partial charge >= 0.3 is 0 Å². The van der Waals surface area contributed by atoms with E-state index in [0.29, 0.717) is 0 Å². The summed E-state index contributed by atoms with van der Waals surface area (Å²) >= 11 is 0. The van der Waals surface area contributed by atoms with Crippen molar-refractivity contribution in [3.63, 3.8) is 0 Å². The second-order valence-electron chi connectivity index (χ2n) is 6.44. The first kappa shape index (κ1) is 17.7. The fraction of sp³-hybridized carbons (Fsp3) is 0.611. The van der Waals surface area contributed by atoms with Crippen LogP contribution in [0.4, 0.5) is 0 Å². The lowest BCUT2D eigenvalue weighted by atomic mass is 9.93. The average molecular weight is 290 g/mol. The molecule has 0 aliphatic rings. The molecule has 1 amide bonds. The number of likely N-dealkylation sites (N-methyl/N-ethyl adjacent to an activating group) is 1. The van der Waals surface area contributed by atoms with E-state index in [4.69, 9.17) is 0 Å². The highest BCUT2D eigenvalue weighted by atomic mass is 16.2. The van der Waals surface area contributed by atoms with Crippen molar-refractivity contribution in [2.75, 3.05) is 19.6 Å². The monoisotopic (exact) mass is 290 g/mol. The minimum atomic E-state index is -0.0547. The first-order chi connectivity index (χ1) is 9.89. The molecule has 1 rings (SSSR count). The minimum Gasteiger partial charge on any atom is -0.343 e. The number of amides is 1. The van der Waals surface area contributed by atoms with E-state index in [1.165, 1.54) is 0 Å². The van der Waals surface area contributed by atoms with Crippen molar-refractivity contribution in [3.8, 4) is 0 Å². The van der Waals surface area contributed by atoms with Crippen LogP contribution in [-0.2, 0) is 4.79 Å². The molecule has 1 N–H and O–H groups in total. The third kappa shape index (κ3) is 5.88. The summed E-state index contributed by atoms with van der Waals surface area (Å²) in [6.45, 7) is 12.9. The van der Waals surface area contributed by atoms with Gasteiger partial charge in [-0.2, -0.15) is 0 Å². The van der Waals surface area contributed by atoms with Crippen LogP contribution in [0.5, 0.6) is 0 Å². The first-order valence-corrected chi connectivity index (χ1v) is 7.97. The summed E-state index contributed by atoms with van der Waals surface area (Å²) < 4.78 is 0. The quantitative estimate of drug-likeness (QED) is 0.834. The van der Waals surface area contributed by atoms with Gasteiger partial charge in [-0.05, 0) is 53.1 Å². The molecule has 0 aliphatic carbocycles. The second-order valence-corrected chi connectivity index (χ2v) is 6.44. The summed E-state index contributed by atoms with van der Waals surface area (Å²) in [4.78, 5) is 14.7. The van der Waals surface area contributed by atoms with Crippen LogP contribution in [0.3, 0.4) is 0 Å². The summed E-state index contributed by atoms with van der Waals surface area (Å²) in [5, 5.41) is 3.48. The van der Waals surface area contributed by atoms with Crippen molar-refractivity contribution < 1.29 is 4.79 Å². The van der Waals surface area contributed by atoms with Crippen LogP contribution in [0.25, 0.3) is 0 Å². The van der Waals surface area contributed by atoms with Gasteiger partial charge < -0.3 is 10.2 Å². The zero-order chi connectivity index (χ0) is 15.9. The first-order valence-electron chi connectivity index (χ1n) is 7.97. The molecule has 0 unspecified atom stereocenters. The van der Waals surface area contributed by atoms with Gasteiger partial charge in [0.1, 0.15) is 0 Å². The second kappa shape index (κ2) is 8.18. The van der Waals surface area contributed by atoms with Crippen LogP contribution in [0.1, 0.15) is 52.5 Å². The highest BCUT2D eigenvalue weighted by Crippen LogP contribution is 2.22. The molecule has 0 bridgehead atoms. The summed E-state index contributed by atoms with van der Waals surface area (Å²) in [5.41, 5.74) is 1.20. The van der Waals surface area contributed by atoms with Gasteiger partial charge in [-0.25, -0.2) is 0 Å². The maximum absolute atomic E-state index is 12.8. The fourth-order valence-corrected chi connectivity index (χ4v) is 2.47. The van der Waals surface area contributed by atoms with Crippen LogP contribution in [0.15, 0.2) is 30.3 Å². The summed E-state index contributed by atoms with van der Waals surface area (Å²) in [6.07, 6.45) is 0.830. The van der Waals surface area contributed by atoms with Crippen LogP contribution < -0.4 is 5.32 Å². The smallest absolute Gasteiger partial charge is 0.230 e. The molecule has 0 saturated heterocycles. The van der Waals surface area contributed by atoms with Gasteiger partial charge in [-0.3, -0.25) is 4.79 Å². The van der Waals surface area contributed by atoms with Gasteiger partial charge in [0.15, 0.2) is 0 Å². The number of benzene rings is 1. The lowest BCUT2D eigenvalue weighted by molar-refractivity contribution is -0.132. The number of hydrogen-bond acceptors (Lipinski definition) is 2. The third-order valence-electron chi connectivity index (χ3n) is 3.66. The molecule has 0 saturated carbocycles. The summed E-state index contributed by atoms with van der Waals surface area (Å²) in [6, 6.07) is 10.1. The number of rotatable bonds is 7. The molecule has 118 valence electrons. The van der Waals surface area contributed by atoms with Crippen molar-refractivity contribution in [1.82, 2.24) is 10.2 Å². The van der Waals surface area contributed by atoms with E-state index < -0.39 is 0 Å². The van der Waals surface area contributed by atoms with E-state index in [1.807, 2.05) is 36.9 Å². The highest BCUT2D eigenvalue weighted by Gasteiger charge is 2.24. The number of nitrogens with one attached hydrogen (secondary N) is 1. The standard InChI is InChI=1S/C18H30N2O/c1-6-20(7-2)17(21)16(13-14-19-18(3,4)5)15-11-9-8-10-12-15/h8-12,16,19H,6-7,13-14H2,1-5H3/t16-/m0/s1. The average Bonchev–Trinajstić information content (AvgIpc) is 2.44. The molecule has 0 aromatic heterocycles. The summed E-state index contributed by atoms with van der Waals surface area (Å²) in [5.74, 6) is 0.183. The Labute approximate surface area is 129 Å². The largest absolute Gasteiger partial charge is 0.343 e. The molecule has 0 spiro atoms. The molecular weight excluding hydrogens is 260 g/mol. The van der Waals surface area contributed by atoms with Crippen LogP contribution in [-0.4, -0.2) is 36.0 Å². The zero-order valence-electron chi connectivity index (χ0n) is 14.1. The normalized spacial score (nSPS) is 13.0. The van der Waals surface area contributed by atoms with Crippen LogP contribution >= 0.6 is 0 Å². The van der Waals surface area contributed by atoms with E-state index in [-0.39, 0.29) is 17.4 Å². The van der Waals surface area contributed by atoms with Crippen molar-refractivity contribution in [2.24, 2.45) is 0 Å². The molecule has 0 aliphatic heterocycles. The maximum atomic E-state index is 12.8. The fourth-order valence-electron chi connectivity index (χ4n) is 2.47. The van der Waals surface area contributed by atoms with Crippen molar-refractivity contribution in [3.05, 3.63) is 35.9 Å². The molecule has 0 radical (unpaired) electrons. The predicted octanol–water partition coefficient (Wildman–Crippen LogP) is 3.42. The third-order valence-corrected chi connectivity index (χ3v) is 3.66. The Hall–Kier alpha value is -1.35. The zero-order valence-corrected chi connectivity index (χ0v) is 14.1. The van der Waals surface area contributed by atoms with Crippen molar-refractivity contribution in [1.29, 1.82) is 0 Å². The van der Waals surface area contributed by atoms with Crippen molar-refractivity contribution >= 4 is 5.91 Å². The lowest BCUT2D eigenvalue weighted by Crippen LogP contribution is -2.39. The van der Waals surface area contributed by atoms with E-state index in [2.05, 4.69) is 38.2 Å². The molecule has 0 fully saturated rings. The molecule has 1 aromatic carbocycles. The molecule has 1 aromatic rings. The molecular formula is C18H30N2O.